The van der Waals surface area contributed by atoms with Gasteiger partial charge in [-0.15, -0.1) is 0 Å². The summed E-state index contributed by atoms with van der Waals surface area (Å²) in [6.07, 6.45) is 7.92. The van der Waals surface area contributed by atoms with Crippen LogP contribution in [0, 0.1) is 0 Å². The average molecular weight is 370 g/mol. The lowest BCUT2D eigenvalue weighted by Gasteiger charge is -2.20. The van der Waals surface area contributed by atoms with Crippen LogP contribution in [0.1, 0.15) is 37.3 Å². The highest BCUT2D eigenvalue weighted by Crippen LogP contribution is 2.12. The van der Waals surface area contributed by atoms with Crippen LogP contribution in [-0.2, 0) is 13.1 Å². The topological polar surface area (TPSA) is 42.9 Å². The van der Waals surface area contributed by atoms with Gasteiger partial charge in [0, 0.05) is 32.2 Å². The van der Waals surface area contributed by atoms with Gasteiger partial charge in [0.2, 0.25) is 0 Å². The van der Waals surface area contributed by atoms with Crippen molar-refractivity contribution in [2.24, 2.45) is 4.99 Å². The summed E-state index contributed by atoms with van der Waals surface area (Å²) in [5.74, 6) is 0.920. The zero-order valence-corrected chi connectivity index (χ0v) is 17.0. The molecular weight excluding hydrogens is 334 g/mol. The minimum atomic E-state index is 0.484. The molecule has 0 spiro atoms. The van der Waals surface area contributed by atoms with Crippen molar-refractivity contribution in [2.45, 2.75) is 45.3 Å². The van der Waals surface area contributed by atoms with Gasteiger partial charge in [0.1, 0.15) is 0 Å². The molecule has 0 atom stereocenters. The van der Waals surface area contributed by atoms with Gasteiger partial charge in [-0.1, -0.05) is 36.4 Å². The lowest BCUT2D eigenvalue weighted by Crippen LogP contribution is -2.42. The molecule has 1 aromatic carbocycles. The van der Waals surface area contributed by atoms with Gasteiger partial charge in [0.25, 0.3) is 0 Å². The Labute approximate surface area is 164 Å². The predicted molar refractivity (Wildman–Crippen MR) is 114 cm³/mol. The Bertz CT molecular complexity index is 614. The molecule has 0 saturated carbocycles. The number of nitrogens with zero attached hydrogens (tertiary/aromatic N) is 3. The fourth-order valence-electron chi connectivity index (χ4n) is 3.69. The summed E-state index contributed by atoms with van der Waals surface area (Å²) in [7, 11) is 2.22. The van der Waals surface area contributed by atoms with Crippen molar-refractivity contribution in [3.63, 3.8) is 0 Å². The first-order chi connectivity index (χ1) is 13.2. The van der Waals surface area contributed by atoms with Gasteiger partial charge < -0.3 is 15.5 Å². The van der Waals surface area contributed by atoms with Crippen LogP contribution in [0.25, 0.3) is 0 Å². The van der Waals surface area contributed by atoms with Crippen LogP contribution < -0.4 is 10.6 Å². The minimum Gasteiger partial charge on any atom is -0.357 e. The Morgan fingerprint density at radius 1 is 1.04 bits per heavy atom. The number of guanidine groups is 1. The van der Waals surface area contributed by atoms with E-state index in [0.717, 1.165) is 38.4 Å². The molecule has 0 radical (unpaired) electrons. The molecule has 0 bridgehead atoms. The molecule has 1 aliphatic carbocycles. The number of benzene rings is 1. The van der Waals surface area contributed by atoms with Crippen molar-refractivity contribution in [1.82, 2.24) is 20.4 Å². The smallest absolute Gasteiger partial charge is 0.191 e. The molecule has 0 aromatic heterocycles. The van der Waals surface area contributed by atoms with E-state index in [1.165, 1.54) is 37.2 Å². The van der Waals surface area contributed by atoms with E-state index in [4.69, 9.17) is 4.99 Å². The first-order valence-electron chi connectivity index (χ1n) is 10.4. The van der Waals surface area contributed by atoms with E-state index < -0.39 is 0 Å². The number of nitrogens with one attached hydrogen (secondary N) is 2. The normalized spacial score (nSPS) is 20.0. The highest BCUT2D eigenvalue weighted by Gasteiger charge is 2.13. The summed E-state index contributed by atoms with van der Waals surface area (Å²) in [5.41, 5.74) is 2.66. The molecule has 148 valence electrons. The third kappa shape index (κ3) is 6.67. The number of likely N-dealkylation sites (N-methyl/N-ethyl adjacent to an activating group) is 1. The van der Waals surface area contributed by atoms with Crippen molar-refractivity contribution in [3.05, 3.63) is 47.5 Å². The standard InChI is InChI=1S/C22H35N5/c1-3-23-22(25-21-7-4-5-8-21)24-17-19-9-11-20(12-10-19)18-27-14-6-13-26(2)15-16-27/h4-5,9-12,21H,3,6-8,13-18H2,1-2H3,(H2,23,24,25). The fraction of sp³-hybridized carbons (Fsp3) is 0.591. The van der Waals surface area contributed by atoms with Crippen molar-refractivity contribution in [1.29, 1.82) is 0 Å². The minimum absolute atomic E-state index is 0.484. The van der Waals surface area contributed by atoms with E-state index in [1.807, 2.05) is 0 Å². The first-order valence-corrected chi connectivity index (χ1v) is 10.4. The second kappa shape index (κ2) is 10.5. The van der Waals surface area contributed by atoms with Crippen molar-refractivity contribution in [2.75, 3.05) is 39.8 Å². The Morgan fingerprint density at radius 3 is 2.52 bits per heavy atom. The first kappa shape index (κ1) is 19.9. The molecule has 1 saturated heterocycles. The largest absolute Gasteiger partial charge is 0.357 e. The lowest BCUT2D eigenvalue weighted by molar-refractivity contribution is 0.269. The van der Waals surface area contributed by atoms with E-state index >= 15 is 0 Å². The second-order valence-corrected chi connectivity index (χ2v) is 7.73. The Kier molecular flexibility index (Phi) is 7.72. The van der Waals surface area contributed by atoms with E-state index in [-0.39, 0.29) is 0 Å². The van der Waals surface area contributed by atoms with Gasteiger partial charge in [-0.25, -0.2) is 4.99 Å². The Hall–Kier alpha value is -1.85. The second-order valence-electron chi connectivity index (χ2n) is 7.73. The van der Waals surface area contributed by atoms with Crippen LogP contribution in [0.4, 0.5) is 0 Å². The molecule has 27 heavy (non-hydrogen) atoms. The average Bonchev–Trinajstić information content (AvgIpc) is 3.10. The molecular formula is C22H35N5. The molecule has 1 aliphatic heterocycles. The molecule has 5 heteroatoms. The maximum absolute atomic E-state index is 4.76. The van der Waals surface area contributed by atoms with Gasteiger partial charge in [0.15, 0.2) is 5.96 Å². The maximum Gasteiger partial charge on any atom is 0.191 e. The summed E-state index contributed by atoms with van der Waals surface area (Å²) in [5, 5.41) is 6.88. The van der Waals surface area contributed by atoms with Crippen molar-refractivity contribution < 1.29 is 0 Å². The van der Waals surface area contributed by atoms with Gasteiger partial charge in [-0.05, 0) is 57.5 Å². The Balaban J connectivity index is 1.51. The summed E-state index contributed by atoms with van der Waals surface area (Å²) >= 11 is 0. The molecule has 0 amide bonds. The van der Waals surface area contributed by atoms with E-state index in [0.29, 0.717) is 12.6 Å². The van der Waals surface area contributed by atoms with Gasteiger partial charge in [-0.2, -0.15) is 0 Å². The van der Waals surface area contributed by atoms with Gasteiger partial charge in [-0.3, -0.25) is 4.90 Å². The molecule has 2 aliphatic rings. The molecule has 5 nitrogen and oxygen atoms in total. The summed E-state index contributed by atoms with van der Waals surface area (Å²) in [4.78, 5) is 9.76. The SMILES string of the molecule is CCNC(=NCc1ccc(CN2CCCN(C)CC2)cc1)NC1CC=CC1. The maximum atomic E-state index is 4.76. The zero-order chi connectivity index (χ0) is 18.9. The quantitative estimate of drug-likeness (QED) is 0.460. The molecule has 1 aromatic rings. The molecule has 3 rings (SSSR count). The van der Waals surface area contributed by atoms with E-state index in [1.54, 1.807) is 0 Å². The van der Waals surface area contributed by atoms with Crippen LogP contribution in [-0.4, -0.2) is 61.6 Å². The number of rotatable bonds is 6. The molecule has 1 heterocycles. The monoisotopic (exact) mass is 369 g/mol. The Morgan fingerprint density at radius 2 is 1.78 bits per heavy atom. The fourth-order valence-corrected chi connectivity index (χ4v) is 3.69. The zero-order valence-electron chi connectivity index (χ0n) is 17.0. The third-order valence-electron chi connectivity index (χ3n) is 5.35. The van der Waals surface area contributed by atoms with Crippen LogP contribution in [0.15, 0.2) is 41.4 Å². The van der Waals surface area contributed by atoms with E-state index in [9.17, 15) is 0 Å². The lowest BCUT2D eigenvalue weighted by atomic mass is 10.1. The molecule has 0 unspecified atom stereocenters. The van der Waals surface area contributed by atoms with Crippen LogP contribution >= 0.6 is 0 Å². The van der Waals surface area contributed by atoms with Crippen LogP contribution in [0.2, 0.25) is 0 Å². The highest BCUT2D eigenvalue weighted by molar-refractivity contribution is 5.80. The van der Waals surface area contributed by atoms with Crippen molar-refractivity contribution in [3.8, 4) is 0 Å². The van der Waals surface area contributed by atoms with Crippen LogP contribution in [0.3, 0.4) is 0 Å². The highest BCUT2D eigenvalue weighted by atomic mass is 15.2. The van der Waals surface area contributed by atoms with Gasteiger partial charge in [0.05, 0.1) is 6.54 Å². The predicted octanol–water partition coefficient (Wildman–Crippen LogP) is 2.60. The van der Waals surface area contributed by atoms with Gasteiger partial charge >= 0.3 is 0 Å². The van der Waals surface area contributed by atoms with Crippen molar-refractivity contribution >= 4 is 5.96 Å². The summed E-state index contributed by atoms with van der Waals surface area (Å²) in [6.45, 7) is 9.51. The number of aliphatic imine (C=N–C) groups is 1. The summed E-state index contributed by atoms with van der Waals surface area (Å²) in [6, 6.07) is 9.46. The molecule has 2 N–H and O–H groups in total. The third-order valence-corrected chi connectivity index (χ3v) is 5.35. The van der Waals surface area contributed by atoms with E-state index in [2.05, 4.69) is 70.8 Å². The van der Waals surface area contributed by atoms with Crippen LogP contribution in [0.5, 0.6) is 0 Å². The summed E-state index contributed by atoms with van der Waals surface area (Å²) < 4.78 is 0. The number of hydrogen-bond acceptors (Lipinski definition) is 3. The molecule has 1 fully saturated rings. The number of hydrogen-bond donors (Lipinski definition) is 2.